The number of carbonyl (C=O) groups is 3. The highest BCUT2D eigenvalue weighted by molar-refractivity contribution is 5.91. The molecule has 0 aromatic heterocycles. The van der Waals surface area contributed by atoms with Crippen molar-refractivity contribution >= 4 is 18.0 Å². The number of carboxylic acids is 1. The predicted octanol–water partition coefficient (Wildman–Crippen LogP) is 2.97. The lowest BCUT2D eigenvalue weighted by atomic mass is 9.63. The second kappa shape index (κ2) is 7.13. The molecule has 1 heterocycles. The van der Waals surface area contributed by atoms with Crippen molar-refractivity contribution < 1.29 is 24.2 Å². The van der Waals surface area contributed by atoms with Crippen molar-refractivity contribution in [3.05, 3.63) is 24.8 Å². The van der Waals surface area contributed by atoms with Crippen molar-refractivity contribution in [3.63, 3.8) is 0 Å². The Bertz CT molecular complexity index is 794. The van der Waals surface area contributed by atoms with Crippen LogP contribution in [0.1, 0.15) is 46.5 Å². The molecule has 0 aromatic carbocycles. The van der Waals surface area contributed by atoms with E-state index in [0.717, 1.165) is 25.7 Å². The molecule has 30 heavy (non-hydrogen) atoms. The first-order valence-corrected chi connectivity index (χ1v) is 10.9. The maximum atomic E-state index is 13.7. The molecule has 0 aromatic rings. The summed E-state index contributed by atoms with van der Waals surface area (Å²) < 4.78 is 5.40. The molecule has 7 nitrogen and oxygen atoms in total. The van der Waals surface area contributed by atoms with Gasteiger partial charge in [0, 0.05) is 17.9 Å². The summed E-state index contributed by atoms with van der Waals surface area (Å²) in [5, 5.41) is 12.8. The zero-order chi connectivity index (χ0) is 21.8. The molecule has 7 heteroatoms. The van der Waals surface area contributed by atoms with Crippen LogP contribution in [0.4, 0.5) is 4.79 Å². The molecule has 3 fully saturated rings. The minimum absolute atomic E-state index is 0.0512. The predicted molar refractivity (Wildman–Crippen MR) is 110 cm³/mol. The fraction of sp³-hybridized carbons (Fsp3) is 0.696. The summed E-state index contributed by atoms with van der Waals surface area (Å²) in [7, 11) is 0. The van der Waals surface area contributed by atoms with Crippen molar-refractivity contribution in [2.45, 2.75) is 64.1 Å². The zero-order valence-corrected chi connectivity index (χ0v) is 18.0. The van der Waals surface area contributed by atoms with Crippen LogP contribution in [0, 0.1) is 29.1 Å². The third-order valence-corrected chi connectivity index (χ3v) is 7.51. The van der Waals surface area contributed by atoms with Crippen LogP contribution in [0.25, 0.3) is 0 Å². The van der Waals surface area contributed by atoms with Gasteiger partial charge in [0.25, 0.3) is 0 Å². The summed E-state index contributed by atoms with van der Waals surface area (Å²) in [4.78, 5) is 40.0. The first-order valence-electron chi connectivity index (χ1n) is 10.9. The summed E-state index contributed by atoms with van der Waals surface area (Å²) in [6.45, 7) is 9.64. The third kappa shape index (κ3) is 3.32. The summed E-state index contributed by atoms with van der Waals surface area (Å²) in [5.74, 6) is -0.615. The minimum Gasteiger partial charge on any atom is -0.480 e. The van der Waals surface area contributed by atoms with E-state index in [2.05, 4.69) is 24.0 Å². The second-order valence-electron chi connectivity index (χ2n) is 10.3. The lowest BCUT2D eigenvalue weighted by molar-refractivity contribution is -0.152. The van der Waals surface area contributed by atoms with Gasteiger partial charge in [-0.3, -0.25) is 4.79 Å². The Morgan fingerprint density at radius 2 is 1.93 bits per heavy atom. The summed E-state index contributed by atoms with van der Waals surface area (Å²) in [6, 6.07) is -1.72. The van der Waals surface area contributed by atoms with Crippen LogP contribution in [0.2, 0.25) is 0 Å². The van der Waals surface area contributed by atoms with Gasteiger partial charge in [-0.05, 0) is 57.8 Å². The molecule has 2 bridgehead atoms. The largest absolute Gasteiger partial charge is 0.480 e. The first-order chi connectivity index (χ1) is 14.1. The zero-order valence-electron chi connectivity index (χ0n) is 18.0. The van der Waals surface area contributed by atoms with E-state index in [1.165, 1.54) is 4.90 Å². The topological polar surface area (TPSA) is 95.9 Å². The molecule has 0 spiro atoms. The molecular formula is C23H32N2O5. The molecule has 1 aliphatic heterocycles. The van der Waals surface area contributed by atoms with Gasteiger partial charge in [0.05, 0.1) is 0 Å². The Balaban J connectivity index is 1.60. The highest BCUT2D eigenvalue weighted by Gasteiger charge is 2.60. The highest BCUT2D eigenvalue weighted by atomic mass is 16.6. The van der Waals surface area contributed by atoms with Crippen molar-refractivity contribution in [2.24, 2.45) is 29.1 Å². The number of carbonyl (C=O) groups excluding carboxylic acids is 2. The van der Waals surface area contributed by atoms with Gasteiger partial charge in [-0.25, -0.2) is 9.59 Å². The second-order valence-corrected chi connectivity index (χ2v) is 10.3. The molecule has 164 valence electrons. The van der Waals surface area contributed by atoms with E-state index >= 15 is 0 Å². The number of rotatable bonds is 5. The number of ether oxygens (including phenoxy) is 1. The number of likely N-dealkylation sites (tertiary alicyclic amines) is 1. The van der Waals surface area contributed by atoms with E-state index < -0.39 is 35.2 Å². The number of nitrogens with one attached hydrogen (secondary N) is 1. The van der Waals surface area contributed by atoms with E-state index in [1.807, 2.05) is 0 Å². The quantitative estimate of drug-likeness (QED) is 0.672. The lowest BCUT2D eigenvalue weighted by Crippen LogP contribution is -2.61. The Hall–Kier alpha value is -2.31. The number of allylic oxidation sites excluding steroid dienone is 2. The molecule has 6 atom stereocenters. The number of hydrogen-bond donors (Lipinski definition) is 2. The van der Waals surface area contributed by atoms with Crippen LogP contribution in [0.3, 0.4) is 0 Å². The minimum atomic E-state index is -0.964. The molecule has 0 unspecified atom stereocenters. The van der Waals surface area contributed by atoms with Crippen molar-refractivity contribution in [3.8, 4) is 0 Å². The SMILES string of the molecule is C=CC1([C@H](NC(=O)OC(C)(C)C)C(=O)N2C[C@H]3[C@@H]([C@H]2C(=O)O)[C@H]2C=C[C@@H]3C2)CCC1. The van der Waals surface area contributed by atoms with Crippen LogP contribution in [-0.2, 0) is 14.3 Å². The number of alkyl carbamates (subject to hydrolysis) is 1. The van der Waals surface area contributed by atoms with Gasteiger partial charge in [0.15, 0.2) is 0 Å². The molecule has 2 saturated carbocycles. The van der Waals surface area contributed by atoms with E-state index in [-0.39, 0.29) is 23.7 Å². The van der Waals surface area contributed by atoms with Crippen molar-refractivity contribution in [1.29, 1.82) is 0 Å². The van der Waals surface area contributed by atoms with E-state index in [4.69, 9.17) is 4.74 Å². The van der Waals surface area contributed by atoms with Gasteiger partial charge < -0.3 is 20.1 Å². The van der Waals surface area contributed by atoms with E-state index in [1.54, 1.807) is 26.8 Å². The molecule has 3 aliphatic carbocycles. The van der Waals surface area contributed by atoms with Crippen LogP contribution >= 0.6 is 0 Å². The molecule has 0 radical (unpaired) electrons. The van der Waals surface area contributed by atoms with Gasteiger partial charge in [0.2, 0.25) is 5.91 Å². The number of hydrogen-bond acceptors (Lipinski definition) is 4. The molecule has 1 saturated heterocycles. The van der Waals surface area contributed by atoms with Crippen molar-refractivity contribution in [2.75, 3.05) is 6.54 Å². The average molecular weight is 417 g/mol. The molecule has 2 N–H and O–H groups in total. The molecule has 4 rings (SSSR count). The molecule has 4 aliphatic rings. The van der Waals surface area contributed by atoms with Gasteiger partial charge in [-0.1, -0.05) is 24.6 Å². The van der Waals surface area contributed by atoms with Crippen LogP contribution < -0.4 is 5.32 Å². The summed E-state index contributed by atoms with van der Waals surface area (Å²) in [6.07, 6.45) is 8.75. The maximum absolute atomic E-state index is 13.7. The highest BCUT2D eigenvalue weighted by Crippen LogP contribution is 2.55. The molecular weight excluding hydrogens is 384 g/mol. The van der Waals surface area contributed by atoms with Crippen LogP contribution in [0.5, 0.6) is 0 Å². The Morgan fingerprint density at radius 3 is 2.47 bits per heavy atom. The average Bonchev–Trinajstić information content (AvgIpc) is 3.29. The maximum Gasteiger partial charge on any atom is 0.408 e. The fourth-order valence-corrected chi connectivity index (χ4v) is 6.00. The van der Waals surface area contributed by atoms with Crippen molar-refractivity contribution in [1.82, 2.24) is 10.2 Å². The first kappa shape index (κ1) is 20.9. The van der Waals surface area contributed by atoms with Gasteiger partial charge in [0.1, 0.15) is 17.7 Å². The fourth-order valence-electron chi connectivity index (χ4n) is 6.00. The smallest absolute Gasteiger partial charge is 0.408 e. The normalized spacial score (nSPS) is 34.1. The standard InChI is InChI=1S/C23H32N2O5/c1-5-23(9-6-10-23)18(24-21(29)30-22(2,3)4)19(26)25-12-15-13-7-8-14(11-13)16(15)17(25)20(27)28/h5,7-8,13-18H,1,6,9-12H2,2-4H3,(H,24,29)(H,27,28)/t13-,14+,15-,16+,17+,18-/m1/s1. The number of fused-ring (bicyclic) bond motifs is 5. The molecule has 2 amide bonds. The van der Waals surface area contributed by atoms with Crippen LogP contribution in [-0.4, -0.2) is 52.2 Å². The number of nitrogens with zero attached hydrogens (tertiary/aromatic N) is 1. The van der Waals surface area contributed by atoms with Gasteiger partial charge in [-0.15, -0.1) is 6.58 Å². The van der Waals surface area contributed by atoms with E-state index in [9.17, 15) is 19.5 Å². The number of carboxylic acid groups (broad SMARTS) is 1. The third-order valence-electron chi connectivity index (χ3n) is 7.51. The monoisotopic (exact) mass is 416 g/mol. The van der Waals surface area contributed by atoms with Gasteiger partial charge in [-0.2, -0.15) is 0 Å². The van der Waals surface area contributed by atoms with E-state index in [0.29, 0.717) is 12.5 Å². The van der Waals surface area contributed by atoms with Crippen LogP contribution in [0.15, 0.2) is 24.8 Å². The number of aliphatic carboxylic acids is 1. The Kier molecular flexibility index (Phi) is 4.98. The lowest BCUT2D eigenvalue weighted by Gasteiger charge is -2.46. The summed E-state index contributed by atoms with van der Waals surface area (Å²) >= 11 is 0. The Morgan fingerprint density at radius 1 is 1.27 bits per heavy atom. The summed E-state index contributed by atoms with van der Waals surface area (Å²) in [5.41, 5.74) is -1.26. The van der Waals surface area contributed by atoms with Gasteiger partial charge >= 0.3 is 12.1 Å². The number of amides is 2. The Labute approximate surface area is 177 Å².